The summed E-state index contributed by atoms with van der Waals surface area (Å²) in [6.45, 7) is 5.66. The van der Waals surface area contributed by atoms with Gasteiger partial charge in [-0.2, -0.15) is 10.1 Å². The zero-order chi connectivity index (χ0) is 15.9. The molecule has 0 fully saturated rings. The highest BCUT2D eigenvalue weighted by atomic mass is 16.4. The molecule has 0 aliphatic carbocycles. The third-order valence-electron chi connectivity index (χ3n) is 3.09. The second kappa shape index (κ2) is 5.06. The molecule has 0 aliphatic rings. The number of aromatic nitrogens is 6. The Morgan fingerprint density at radius 3 is 2.50 bits per heavy atom. The summed E-state index contributed by atoms with van der Waals surface area (Å²) in [7, 11) is 0. The summed E-state index contributed by atoms with van der Waals surface area (Å²) in [5.41, 5.74) is 2.51. The second-order valence-corrected chi connectivity index (χ2v) is 4.98. The summed E-state index contributed by atoms with van der Waals surface area (Å²) in [6, 6.07) is 3.69. The Hall–Kier alpha value is -3.03. The van der Waals surface area contributed by atoms with Crippen LogP contribution in [-0.4, -0.2) is 40.4 Å². The molecule has 0 aliphatic heterocycles. The molecule has 3 rings (SSSR count). The number of nitrogens with zero attached hydrogens (tertiary/aromatic N) is 6. The Bertz CT molecular complexity index is 864. The predicted molar refractivity (Wildman–Crippen MR) is 77.4 cm³/mol. The van der Waals surface area contributed by atoms with Crippen LogP contribution < -0.4 is 0 Å². The van der Waals surface area contributed by atoms with Gasteiger partial charge in [-0.05, 0) is 26.8 Å². The summed E-state index contributed by atoms with van der Waals surface area (Å²) >= 11 is 0. The van der Waals surface area contributed by atoms with Crippen LogP contribution in [-0.2, 0) is 0 Å². The molecule has 8 heteroatoms. The van der Waals surface area contributed by atoms with Gasteiger partial charge in [0.25, 0.3) is 5.95 Å². The third kappa shape index (κ3) is 2.46. The first-order valence-electron chi connectivity index (χ1n) is 6.61. The quantitative estimate of drug-likeness (QED) is 0.786. The molecule has 0 saturated carbocycles. The molecule has 3 aromatic rings. The van der Waals surface area contributed by atoms with Gasteiger partial charge in [-0.1, -0.05) is 0 Å². The lowest BCUT2D eigenvalue weighted by atomic mass is 10.4. The van der Waals surface area contributed by atoms with Crippen molar-refractivity contribution in [2.24, 2.45) is 0 Å². The van der Waals surface area contributed by atoms with E-state index in [1.807, 2.05) is 26.8 Å². The number of rotatable bonds is 3. The summed E-state index contributed by atoms with van der Waals surface area (Å²) < 4.78 is 3.20. The predicted octanol–water partition coefficient (Wildman–Crippen LogP) is 1.47. The minimum atomic E-state index is -1.08. The topological polar surface area (TPSA) is 98.7 Å². The second-order valence-electron chi connectivity index (χ2n) is 4.98. The molecule has 0 radical (unpaired) electrons. The van der Waals surface area contributed by atoms with Gasteiger partial charge >= 0.3 is 5.97 Å². The molecule has 8 nitrogen and oxygen atoms in total. The lowest BCUT2D eigenvalue weighted by Gasteiger charge is -2.07. The van der Waals surface area contributed by atoms with Gasteiger partial charge in [0.15, 0.2) is 5.69 Å². The van der Waals surface area contributed by atoms with Crippen LogP contribution in [0.2, 0.25) is 0 Å². The largest absolute Gasteiger partial charge is 0.476 e. The first kappa shape index (κ1) is 13.9. The number of carbonyl (C=O) groups is 1. The van der Waals surface area contributed by atoms with Crippen molar-refractivity contribution in [3.05, 3.63) is 47.4 Å². The Balaban J connectivity index is 2.10. The van der Waals surface area contributed by atoms with Crippen molar-refractivity contribution in [2.45, 2.75) is 20.8 Å². The smallest absolute Gasteiger partial charge is 0.356 e. The van der Waals surface area contributed by atoms with E-state index >= 15 is 0 Å². The lowest BCUT2D eigenvalue weighted by Crippen LogP contribution is -2.09. The zero-order valence-corrected chi connectivity index (χ0v) is 12.3. The molecule has 22 heavy (non-hydrogen) atoms. The van der Waals surface area contributed by atoms with Crippen LogP contribution in [0.5, 0.6) is 0 Å². The van der Waals surface area contributed by atoms with Crippen molar-refractivity contribution >= 4 is 5.97 Å². The lowest BCUT2D eigenvalue weighted by molar-refractivity contribution is 0.0691. The number of hydrogen-bond acceptors (Lipinski definition) is 5. The highest BCUT2D eigenvalue weighted by molar-refractivity contribution is 5.85. The molecular weight excluding hydrogens is 284 g/mol. The number of aryl methyl sites for hydroxylation is 3. The van der Waals surface area contributed by atoms with E-state index in [1.54, 1.807) is 15.3 Å². The molecule has 112 valence electrons. The van der Waals surface area contributed by atoms with Gasteiger partial charge in [0.2, 0.25) is 0 Å². The molecule has 0 saturated heterocycles. The van der Waals surface area contributed by atoms with Crippen LogP contribution >= 0.6 is 0 Å². The van der Waals surface area contributed by atoms with Crippen molar-refractivity contribution in [1.82, 2.24) is 29.3 Å². The van der Waals surface area contributed by atoms with Crippen molar-refractivity contribution in [2.75, 3.05) is 0 Å². The van der Waals surface area contributed by atoms with Crippen molar-refractivity contribution in [3.8, 4) is 11.8 Å². The summed E-state index contributed by atoms with van der Waals surface area (Å²) in [6.07, 6.45) is 2.82. The first-order chi connectivity index (χ1) is 10.4. The fourth-order valence-electron chi connectivity index (χ4n) is 2.15. The van der Waals surface area contributed by atoms with E-state index in [0.717, 1.165) is 17.1 Å². The third-order valence-corrected chi connectivity index (χ3v) is 3.09. The van der Waals surface area contributed by atoms with Crippen LogP contribution in [0.3, 0.4) is 0 Å². The van der Waals surface area contributed by atoms with Gasteiger partial charge in [0.1, 0.15) is 12.1 Å². The summed E-state index contributed by atoms with van der Waals surface area (Å²) in [5, 5.41) is 13.3. The van der Waals surface area contributed by atoms with Gasteiger partial charge < -0.3 is 5.11 Å². The van der Waals surface area contributed by atoms with Gasteiger partial charge in [0, 0.05) is 23.7 Å². The molecule has 1 N–H and O–H groups in total. The average Bonchev–Trinajstić information content (AvgIpc) is 3.05. The summed E-state index contributed by atoms with van der Waals surface area (Å²) in [4.78, 5) is 23.6. The van der Waals surface area contributed by atoms with E-state index in [0.29, 0.717) is 11.8 Å². The van der Waals surface area contributed by atoms with Gasteiger partial charge in [-0.25, -0.2) is 19.4 Å². The van der Waals surface area contributed by atoms with E-state index in [9.17, 15) is 4.79 Å². The maximum Gasteiger partial charge on any atom is 0.356 e. The van der Waals surface area contributed by atoms with Crippen LogP contribution in [0, 0.1) is 20.8 Å². The normalized spacial score (nSPS) is 10.9. The molecule has 0 amide bonds. The Labute approximate surface area is 126 Å². The number of carboxylic acid groups (broad SMARTS) is 1. The Morgan fingerprint density at radius 1 is 1.14 bits per heavy atom. The number of carboxylic acids is 1. The molecule has 0 aromatic carbocycles. The highest BCUT2D eigenvalue weighted by Gasteiger charge is 2.12. The highest BCUT2D eigenvalue weighted by Crippen LogP contribution is 2.13. The maximum atomic E-state index is 10.9. The first-order valence-corrected chi connectivity index (χ1v) is 6.61. The van der Waals surface area contributed by atoms with Gasteiger partial charge in [-0.15, -0.1) is 0 Å². The van der Waals surface area contributed by atoms with Crippen LogP contribution in [0.25, 0.3) is 11.8 Å². The fourth-order valence-corrected chi connectivity index (χ4v) is 2.15. The molecule has 0 unspecified atom stereocenters. The minimum Gasteiger partial charge on any atom is -0.476 e. The molecule has 3 heterocycles. The Morgan fingerprint density at radius 2 is 1.91 bits per heavy atom. The SMILES string of the molecule is Cc1cc(-n2cnc(C(=O)O)c2)nc(-n2nc(C)cc2C)n1. The Kier molecular flexibility index (Phi) is 3.21. The van der Waals surface area contributed by atoms with Crippen LogP contribution in [0.15, 0.2) is 24.7 Å². The molecule has 3 aromatic heterocycles. The number of aromatic carboxylic acids is 1. The van der Waals surface area contributed by atoms with Crippen molar-refractivity contribution in [1.29, 1.82) is 0 Å². The molecular formula is C14H14N6O2. The monoisotopic (exact) mass is 298 g/mol. The van der Waals surface area contributed by atoms with E-state index < -0.39 is 5.97 Å². The molecule has 0 bridgehead atoms. The maximum absolute atomic E-state index is 10.9. The van der Waals surface area contributed by atoms with Crippen LogP contribution in [0.4, 0.5) is 0 Å². The van der Waals surface area contributed by atoms with Crippen molar-refractivity contribution < 1.29 is 9.90 Å². The summed E-state index contributed by atoms with van der Waals surface area (Å²) in [5.74, 6) is -0.107. The van der Waals surface area contributed by atoms with Gasteiger partial charge in [-0.3, -0.25) is 4.57 Å². The zero-order valence-electron chi connectivity index (χ0n) is 12.3. The minimum absolute atomic E-state index is 0.0380. The number of imidazole rings is 1. The van der Waals surface area contributed by atoms with E-state index in [2.05, 4.69) is 20.1 Å². The average molecular weight is 298 g/mol. The van der Waals surface area contributed by atoms with E-state index in [-0.39, 0.29) is 5.69 Å². The standard InChI is InChI=1S/C14H14N6O2/c1-8-5-12(19-6-11(13(21)22)15-7-19)17-14(16-8)20-10(3)4-9(2)18-20/h4-7H,1-3H3,(H,21,22). The number of hydrogen-bond donors (Lipinski definition) is 1. The molecule has 0 spiro atoms. The molecule has 0 atom stereocenters. The van der Waals surface area contributed by atoms with Crippen molar-refractivity contribution in [3.63, 3.8) is 0 Å². The van der Waals surface area contributed by atoms with Gasteiger partial charge in [0.05, 0.1) is 5.69 Å². The fraction of sp³-hybridized carbons (Fsp3) is 0.214. The van der Waals surface area contributed by atoms with E-state index in [1.165, 1.54) is 12.5 Å². The van der Waals surface area contributed by atoms with Crippen LogP contribution in [0.1, 0.15) is 27.6 Å². The van der Waals surface area contributed by atoms with E-state index in [4.69, 9.17) is 5.11 Å².